The zero-order chi connectivity index (χ0) is 14.6. The van der Waals surface area contributed by atoms with Gasteiger partial charge >= 0.3 is 5.97 Å². The molecule has 0 aliphatic heterocycles. The predicted molar refractivity (Wildman–Crippen MR) is 74.6 cm³/mol. The Bertz CT molecular complexity index is 486. The number of esters is 1. The summed E-state index contributed by atoms with van der Waals surface area (Å²) in [4.78, 5) is 22.9. The van der Waals surface area contributed by atoms with Gasteiger partial charge in [0.2, 0.25) is 0 Å². The fraction of sp³-hybridized carbons (Fsp3) is 0.500. The number of carbonyl (C=O) groups is 2. The number of methoxy groups -OCH3 is 1. The van der Waals surface area contributed by atoms with E-state index in [1.165, 1.54) is 6.92 Å². The Hall–Kier alpha value is -1.84. The first-order valence-corrected chi connectivity index (χ1v) is 6.85. The largest absolute Gasteiger partial charge is 0.497 e. The molecule has 4 heteroatoms. The van der Waals surface area contributed by atoms with Gasteiger partial charge in [-0.05, 0) is 43.9 Å². The standard InChI is InChI=1S/C16H20O4/c1-12(17)7-10-20-15(18)16(8-9-16)11-13-3-5-14(19-2)6-4-13/h3-6H,7-11H2,1-2H3. The van der Waals surface area contributed by atoms with Crippen LogP contribution in [0.5, 0.6) is 5.75 Å². The van der Waals surface area contributed by atoms with Crippen molar-refractivity contribution >= 4 is 11.8 Å². The Morgan fingerprint density at radius 3 is 2.35 bits per heavy atom. The van der Waals surface area contributed by atoms with E-state index in [0.717, 1.165) is 24.2 Å². The lowest BCUT2D eigenvalue weighted by atomic mass is 9.96. The van der Waals surface area contributed by atoms with E-state index < -0.39 is 0 Å². The quantitative estimate of drug-likeness (QED) is 0.718. The number of ether oxygens (including phenoxy) is 2. The highest BCUT2D eigenvalue weighted by atomic mass is 16.5. The van der Waals surface area contributed by atoms with E-state index in [1.54, 1.807) is 7.11 Å². The molecule has 1 saturated carbocycles. The summed E-state index contributed by atoms with van der Waals surface area (Å²) < 4.78 is 10.3. The van der Waals surface area contributed by atoms with E-state index >= 15 is 0 Å². The van der Waals surface area contributed by atoms with Crippen molar-refractivity contribution in [1.29, 1.82) is 0 Å². The minimum absolute atomic E-state index is 0.0396. The van der Waals surface area contributed by atoms with Crippen LogP contribution in [-0.4, -0.2) is 25.5 Å². The van der Waals surface area contributed by atoms with Crippen LogP contribution in [0.25, 0.3) is 0 Å². The molecule has 1 aromatic carbocycles. The van der Waals surface area contributed by atoms with Crippen LogP contribution in [0, 0.1) is 5.41 Å². The highest BCUT2D eigenvalue weighted by Crippen LogP contribution is 2.49. The van der Waals surface area contributed by atoms with Crippen LogP contribution in [0.15, 0.2) is 24.3 Å². The van der Waals surface area contributed by atoms with Gasteiger partial charge in [-0.1, -0.05) is 12.1 Å². The second-order valence-corrected chi connectivity index (χ2v) is 5.39. The van der Waals surface area contributed by atoms with Crippen molar-refractivity contribution in [2.75, 3.05) is 13.7 Å². The number of hydrogen-bond acceptors (Lipinski definition) is 4. The predicted octanol–water partition coefficient (Wildman–Crippen LogP) is 2.54. The Morgan fingerprint density at radius 1 is 1.20 bits per heavy atom. The van der Waals surface area contributed by atoms with Crippen molar-refractivity contribution in [3.05, 3.63) is 29.8 Å². The van der Waals surface area contributed by atoms with Crippen molar-refractivity contribution in [1.82, 2.24) is 0 Å². The number of ketones is 1. The maximum Gasteiger partial charge on any atom is 0.312 e. The molecule has 0 aromatic heterocycles. The van der Waals surface area contributed by atoms with Gasteiger partial charge in [0.15, 0.2) is 0 Å². The Morgan fingerprint density at radius 2 is 1.85 bits per heavy atom. The lowest BCUT2D eigenvalue weighted by Gasteiger charge is -2.14. The van der Waals surface area contributed by atoms with E-state index in [2.05, 4.69) is 0 Å². The summed E-state index contributed by atoms with van der Waals surface area (Å²) in [5.41, 5.74) is 0.734. The van der Waals surface area contributed by atoms with Gasteiger partial charge in [0, 0.05) is 6.42 Å². The average Bonchev–Trinajstić information content (AvgIpc) is 3.20. The molecule has 0 amide bonds. The van der Waals surface area contributed by atoms with Gasteiger partial charge < -0.3 is 9.47 Å². The molecule has 1 aliphatic carbocycles. The van der Waals surface area contributed by atoms with E-state index in [0.29, 0.717) is 12.8 Å². The number of rotatable bonds is 7. The minimum Gasteiger partial charge on any atom is -0.497 e. The van der Waals surface area contributed by atoms with E-state index in [-0.39, 0.29) is 23.8 Å². The number of hydrogen-bond donors (Lipinski definition) is 0. The van der Waals surface area contributed by atoms with Crippen molar-refractivity contribution in [3.8, 4) is 5.75 Å². The Balaban J connectivity index is 1.90. The molecule has 4 nitrogen and oxygen atoms in total. The van der Waals surface area contributed by atoms with Crippen molar-refractivity contribution in [2.24, 2.45) is 5.41 Å². The highest BCUT2D eigenvalue weighted by Gasteiger charge is 2.51. The van der Waals surface area contributed by atoms with Crippen molar-refractivity contribution in [2.45, 2.75) is 32.6 Å². The summed E-state index contributed by atoms with van der Waals surface area (Å²) in [6, 6.07) is 7.74. The van der Waals surface area contributed by atoms with Gasteiger partial charge in [-0.15, -0.1) is 0 Å². The van der Waals surface area contributed by atoms with E-state index in [9.17, 15) is 9.59 Å². The minimum atomic E-state index is -0.370. The smallest absolute Gasteiger partial charge is 0.312 e. The fourth-order valence-electron chi connectivity index (χ4n) is 2.18. The number of Topliss-reactive ketones (excluding diaryl/α,β-unsaturated/α-hetero) is 1. The highest BCUT2D eigenvalue weighted by molar-refractivity contribution is 5.81. The topological polar surface area (TPSA) is 52.6 Å². The molecule has 1 aromatic rings. The Labute approximate surface area is 119 Å². The second-order valence-electron chi connectivity index (χ2n) is 5.39. The first-order valence-electron chi connectivity index (χ1n) is 6.85. The third-order valence-electron chi connectivity index (χ3n) is 3.68. The van der Waals surface area contributed by atoms with Crippen LogP contribution >= 0.6 is 0 Å². The lowest BCUT2D eigenvalue weighted by molar-refractivity contribution is -0.150. The molecule has 2 rings (SSSR count). The van der Waals surface area contributed by atoms with Crippen molar-refractivity contribution in [3.63, 3.8) is 0 Å². The van der Waals surface area contributed by atoms with Crippen LogP contribution in [0.3, 0.4) is 0 Å². The molecule has 0 radical (unpaired) electrons. The molecule has 108 valence electrons. The molecule has 20 heavy (non-hydrogen) atoms. The molecule has 0 spiro atoms. The second kappa shape index (κ2) is 6.07. The van der Waals surface area contributed by atoms with Crippen LogP contribution in [0.1, 0.15) is 31.7 Å². The molecular weight excluding hydrogens is 256 g/mol. The van der Waals surface area contributed by atoms with E-state index in [4.69, 9.17) is 9.47 Å². The third-order valence-corrected chi connectivity index (χ3v) is 3.68. The summed E-state index contributed by atoms with van der Waals surface area (Å²) in [7, 11) is 1.63. The first-order chi connectivity index (χ1) is 9.55. The molecule has 1 fully saturated rings. The first kappa shape index (κ1) is 14.6. The monoisotopic (exact) mass is 276 g/mol. The summed E-state index contributed by atoms with van der Waals surface area (Å²) in [5.74, 6) is 0.676. The van der Waals surface area contributed by atoms with Gasteiger partial charge in [0.25, 0.3) is 0 Å². The van der Waals surface area contributed by atoms with E-state index in [1.807, 2.05) is 24.3 Å². The fourth-order valence-corrected chi connectivity index (χ4v) is 2.18. The molecule has 1 aliphatic rings. The van der Waals surface area contributed by atoms with Gasteiger partial charge in [0.05, 0.1) is 19.1 Å². The van der Waals surface area contributed by atoms with Crippen LogP contribution in [0.2, 0.25) is 0 Å². The van der Waals surface area contributed by atoms with Gasteiger partial charge in [0.1, 0.15) is 11.5 Å². The third kappa shape index (κ3) is 3.59. The molecule has 0 bridgehead atoms. The van der Waals surface area contributed by atoms with Crippen LogP contribution in [-0.2, 0) is 20.7 Å². The summed E-state index contributed by atoms with van der Waals surface area (Å²) >= 11 is 0. The van der Waals surface area contributed by atoms with Gasteiger partial charge in [-0.25, -0.2) is 0 Å². The molecule has 0 saturated heterocycles. The summed E-state index contributed by atoms with van der Waals surface area (Å²) in [6.45, 7) is 1.69. The van der Waals surface area contributed by atoms with Crippen LogP contribution < -0.4 is 4.74 Å². The Kier molecular flexibility index (Phi) is 4.42. The zero-order valence-corrected chi connectivity index (χ0v) is 12.0. The molecule has 0 unspecified atom stereocenters. The SMILES string of the molecule is COc1ccc(CC2(C(=O)OCCC(C)=O)CC2)cc1. The average molecular weight is 276 g/mol. The van der Waals surface area contributed by atoms with Gasteiger partial charge in [-0.3, -0.25) is 9.59 Å². The maximum absolute atomic E-state index is 12.1. The molecule has 0 N–H and O–H groups in total. The molecule has 0 heterocycles. The number of carbonyl (C=O) groups excluding carboxylic acids is 2. The zero-order valence-electron chi connectivity index (χ0n) is 12.0. The summed E-state index contributed by atoms with van der Waals surface area (Å²) in [5, 5.41) is 0. The number of benzene rings is 1. The molecular formula is C16H20O4. The van der Waals surface area contributed by atoms with Gasteiger partial charge in [-0.2, -0.15) is 0 Å². The normalized spacial score (nSPS) is 15.5. The van der Waals surface area contributed by atoms with Crippen LogP contribution in [0.4, 0.5) is 0 Å². The van der Waals surface area contributed by atoms with Crippen molar-refractivity contribution < 1.29 is 19.1 Å². The lowest BCUT2D eigenvalue weighted by Crippen LogP contribution is -2.22. The maximum atomic E-state index is 12.1. The summed E-state index contributed by atoms with van der Waals surface area (Å²) in [6.07, 6.45) is 2.70. The molecule has 0 atom stereocenters.